The Balaban J connectivity index is 1.88. The summed E-state index contributed by atoms with van der Waals surface area (Å²) in [6.45, 7) is 8.54. The van der Waals surface area contributed by atoms with Crippen molar-refractivity contribution in [3.05, 3.63) is 71.3 Å². The molecule has 36 heavy (non-hydrogen) atoms. The Morgan fingerprint density at radius 2 is 1.61 bits per heavy atom. The first-order valence-electron chi connectivity index (χ1n) is 12.5. The molecule has 2 amide bonds. The molecule has 0 radical (unpaired) electrons. The van der Waals surface area contributed by atoms with Crippen molar-refractivity contribution in [1.29, 1.82) is 0 Å². The summed E-state index contributed by atoms with van der Waals surface area (Å²) >= 11 is 0. The molecule has 0 saturated carbocycles. The minimum absolute atomic E-state index is 0.103. The second-order valence-electron chi connectivity index (χ2n) is 9.20. The first kappa shape index (κ1) is 27.9. The summed E-state index contributed by atoms with van der Waals surface area (Å²) in [7, 11) is -3.54. The van der Waals surface area contributed by atoms with E-state index in [0.29, 0.717) is 13.0 Å². The van der Waals surface area contributed by atoms with Crippen LogP contribution in [-0.4, -0.2) is 53.9 Å². The average molecular weight is 517 g/mol. The molecule has 2 aromatic rings. The van der Waals surface area contributed by atoms with Gasteiger partial charge in [0, 0.05) is 19.5 Å². The number of rotatable bonds is 11. The van der Waals surface area contributed by atoms with Crippen molar-refractivity contribution >= 4 is 19.6 Å². The maximum Gasteiger partial charge on any atom is 0.349 e. The largest absolute Gasteiger partial charge is 0.459 e. The van der Waals surface area contributed by atoms with Crippen LogP contribution in [0.2, 0.25) is 0 Å². The lowest BCUT2D eigenvalue weighted by atomic mass is 9.94. The van der Waals surface area contributed by atoms with E-state index in [1.807, 2.05) is 68.4 Å². The molecule has 8 nitrogen and oxygen atoms in total. The summed E-state index contributed by atoms with van der Waals surface area (Å²) in [5.41, 5.74) is 2.85. The van der Waals surface area contributed by atoms with Crippen LogP contribution in [0.4, 0.5) is 4.79 Å². The van der Waals surface area contributed by atoms with Crippen molar-refractivity contribution in [3.8, 4) is 0 Å². The molecule has 1 aliphatic heterocycles. The molecule has 0 spiro atoms. The van der Waals surface area contributed by atoms with E-state index in [1.165, 1.54) is 9.80 Å². The molecule has 0 fully saturated rings. The first-order valence-corrected chi connectivity index (χ1v) is 14.2. The van der Waals surface area contributed by atoms with Crippen LogP contribution in [0.5, 0.6) is 0 Å². The third kappa shape index (κ3) is 7.42. The van der Waals surface area contributed by atoms with Crippen LogP contribution >= 0.6 is 7.60 Å². The van der Waals surface area contributed by atoms with Gasteiger partial charge in [0.25, 0.3) is 0 Å². The Labute approximate surface area is 214 Å². The van der Waals surface area contributed by atoms with Gasteiger partial charge in [-0.05, 0) is 36.5 Å². The number of fused-ring (bicyclic) bond motifs is 1. The van der Waals surface area contributed by atoms with Crippen LogP contribution in [0.3, 0.4) is 0 Å². The topological polar surface area (TPSA) is 85.4 Å². The maximum absolute atomic E-state index is 13.9. The highest BCUT2D eigenvalue weighted by atomic mass is 31.2. The Morgan fingerprint density at radius 1 is 1.00 bits per heavy atom. The van der Waals surface area contributed by atoms with E-state index >= 15 is 0 Å². The summed E-state index contributed by atoms with van der Waals surface area (Å²) in [4.78, 5) is 30.2. The zero-order chi connectivity index (χ0) is 26.1. The number of carbonyl (C=O) groups excluding carboxylic acids is 2. The minimum atomic E-state index is -3.54. The predicted octanol–water partition coefficient (Wildman–Crippen LogP) is 5.46. The molecule has 0 saturated heterocycles. The van der Waals surface area contributed by atoms with Crippen molar-refractivity contribution in [1.82, 2.24) is 9.80 Å². The fourth-order valence-corrected chi connectivity index (χ4v) is 5.98. The lowest BCUT2D eigenvalue weighted by Gasteiger charge is -2.39. The summed E-state index contributed by atoms with van der Waals surface area (Å²) in [5, 5.41) is 0. The summed E-state index contributed by atoms with van der Waals surface area (Å²) in [6, 6.07) is 16.0. The van der Waals surface area contributed by atoms with Crippen LogP contribution in [0, 0.1) is 5.92 Å². The molecule has 0 aliphatic carbocycles. The minimum Gasteiger partial charge on any atom is -0.459 e. The van der Waals surface area contributed by atoms with Gasteiger partial charge in [-0.1, -0.05) is 68.4 Å². The zero-order valence-corrected chi connectivity index (χ0v) is 22.5. The fraction of sp³-hybridized carbons (Fsp3) is 0.481. The standard InChI is InChI=1S/C27H37N2O6P/c1-5-34-36(32,35-6-2)20-28(17-21(3)4)27(31)29-18-24-15-11-10-14-23(24)16-25(29)26(30)33-19-22-12-8-7-9-13-22/h7-15,21,25H,5-6,16-20H2,1-4H3/t25-/m0/s1. The predicted molar refractivity (Wildman–Crippen MR) is 138 cm³/mol. The van der Waals surface area contributed by atoms with E-state index in [4.69, 9.17) is 13.8 Å². The number of benzene rings is 2. The van der Waals surface area contributed by atoms with E-state index in [0.717, 1.165) is 16.7 Å². The smallest absolute Gasteiger partial charge is 0.349 e. The van der Waals surface area contributed by atoms with E-state index in [2.05, 4.69) is 0 Å². The van der Waals surface area contributed by atoms with Crippen molar-refractivity contribution in [3.63, 3.8) is 0 Å². The molecule has 196 valence electrons. The highest BCUT2D eigenvalue weighted by molar-refractivity contribution is 7.53. The zero-order valence-electron chi connectivity index (χ0n) is 21.6. The molecule has 0 aromatic heterocycles. The van der Waals surface area contributed by atoms with Gasteiger partial charge in [0.15, 0.2) is 0 Å². The lowest BCUT2D eigenvalue weighted by Crippen LogP contribution is -2.54. The second-order valence-corrected chi connectivity index (χ2v) is 11.2. The van der Waals surface area contributed by atoms with Crippen LogP contribution in [0.15, 0.2) is 54.6 Å². The average Bonchev–Trinajstić information content (AvgIpc) is 2.86. The third-order valence-corrected chi connectivity index (χ3v) is 7.83. The normalized spacial score (nSPS) is 15.5. The van der Waals surface area contributed by atoms with Gasteiger partial charge in [-0.25, -0.2) is 9.59 Å². The van der Waals surface area contributed by atoms with Gasteiger partial charge in [-0.3, -0.25) is 4.57 Å². The molecule has 1 atom stereocenters. The van der Waals surface area contributed by atoms with E-state index < -0.39 is 19.6 Å². The second kappa shape index (κ2) is 13.0. The Bertz CT molecular complexity index is 1050. The van der Waals surface area contributed by atoms with Gasteiger partial charge in [0.2, 0.25) is 0 Å². The Morgan fingerprint density at radius 3 is 2.22 bits per heavy atom. The van der Waals surface area contributed by atoms with Crippen molar-refractivity contribution in [2.75, 3.05) is 26.0 Å². The number of ether oxygens (including phenoxy) is 1. The number of urea groups is 1. The molecule has 1 aliphatic rings. The SMILES string of the molecule is CCOP(=O)(CN(CC(C)C)C(=O)N1Cc2ccccc2C[C@H]1C(=O)OCc1ccccc1)OCC. The van der Waals surface area contributed by atoms with Crippen LogP contribution in [-0.2, 0) is 42.7 Å². The lowest BCUT2D eigenvalue weighted by molar-refractivity contribution is -0.151. The molecule has 0 bridgehead atoms. The number of amides is 2. The van der Waals surface area contributed by atoms with Crippen molar-refractivity contribution < 1.29 is 27.9 Å². The Hall–Kier alpha value is -2.67. The molecule has 1 heterocycles. The van der Waals surface area contributed by atoms with Gasteiger partial charge >= 0.3 is 19.6 Å². The Kier molecular flexibility index (Phi) is 10.1. The molecule has 3 rings (SSSR count). The van der Waals surface area contributed by atoms with Gasteiger partial charge in [0.05, 0.1) is 13.2 Å². The van der Waals surface area contributed by atoms with Crippen LogP contribution in [0.1, 0.15) is 44.4 Å². The number of hydrogen-bond donors (Lipinski definition) is 0. The number of hydrogen-bond acceptors (Lipinski definition) is 6. The van der Waals surface area contributed by atoms with Crippen molar-refractivity contribution in [2.24, 2.45) is 5.92 Å². The number of carbonyl (C=O) groups is 2. The quantitative estimate of drug-likeness (QED) is 0.291. The summed E-state index contributed by atoms with van der Waals surface area (Å²) in [6.07, 6.45) is 0.162. The molecule has 2 aromatic carbocycles. The van der Waals surface area contributed by atoms with Crippen molar-refractivity contribution in [2.45, 2.75) is 53.3 Å². The molecule has 0 unspecified atom stereocenters. The summed E-state index contributed by atoms with van der Waals surface area (Å²) < 4.78 is 29.9. The van der Waals surface area contributed by atoms with E-state index in [9.17, 15) is 14.2 Å². The van der Waals surface area contributed by atoms with Crippen LogP contribution in [0.25, 0.3) is 0 Å². The molecular weight excluding hydrogens is 479 g/mol. The van der Waals surface area contributed by atoms with Gasteiger partial charge in [-0.2, -0.15) is 0 Å². The van der Waals surface area contributed by atoms with E-state index in [-0.39, 0.29) is 44.6 Å². The van der Waals surface area contributed by atoms with E-state index in [1.54, 1.807) is 13.8 Å². The molecular formula is C27H37N2O6P. The molecule has 9 heteroatoms. The number of esters is 1. The molecule has 0 N–H and O–H groups in total. The van der Waals surface area contributed by atoms with Crippen LogP contribution < -0.4 is 0 Å². The van der Waals surface area contributed by atoms with Gasteiger partial charge < -0.3 is 23.6 Å². The first-order chi connectivity index (χ1) is 17.3. The van der Waals surface area contributed by atoms with Gasteiger partial charge in [-0.15, -0.1) is 0 Å². The fourth-order valence-electron chi connectivity index (χ4n) is 4.30. The monoisotopic (exact) mass is 516 g/mol. The van der Waals surface area contributed by atoms with Gasteiger partial charge in [0.1, 0.15) is 18.9 Å². The number of nitrogens with zero attached hydrogens (tertiary/aromatic N) is 2. The highest BCUT2D eigenvalue weighted by Gasteiger charge is 2.40. The maximum atomic E-state index is 13.9. The third-order valence-electron chi connectivity index (χ3n) is 5.84. The summed E-state index contributed by atoms with van der Waals surface area (Å²) in [5.74, 6) is -0.366. The highest BCUT2D eigenvalue weighted by Crippen LogP contribution is 2.48.